The molecule has 0 saturated heterocycles. The van der Waals surface area contributed by atoms with E-state index in [0.717, 1.165) is 13.0 Å². The van der Waals surface area contributed by atoms with Gasteiger partial charge in [-0.15, -0.1) is 0 Å². The molecule has 0 aliphatic rings. The maximum absolute atomic E-state index is 11.8. The third-order valence-corrected chi connectivity index (χ3v) is 7.72. The van der Waals surface area contributed by atoms with Crippen molar-refractivity contribution in [1.82, 2.24) is 0 Å². The monoisotopic (exact) mass is 698 g/mol. The van der Waals surface area contributed by atoms with E-state index in [0.29, 0.717) is 105 Å². The summed E-state index contributed by atoms with van der Waals surface area (Å²) in [5.41, 5.74) is 0.532. The maximum atomic E-state index is 11.8. The van der Waals surface area contributed by atoms with Crippen LogP contribution in [0.4, 0.5) is 0 Å². The first-order valence-electron chi connectivity index (χ1n) is 19.2. The Balaban J connectivity index is 1.62. The Kier molecular flexibility index (Phi) is 36.3. The molecule has 0 aromatic heterocycles. The number of benzene rings is 1. The summed E-state index contributed by atoms with van der Waals surface area (Å²) in [5, 5.41) is 0. The van der Waals surface area contributed by atoms with Crippen LogP contribution < -0.4 is 0 Å². The summed E-state index contributed by atoms with van der Waals surface area (Å²) < 4.78 is 49.3. The van der Waals surface area contributed by atoms with Gasteiger partial charge < -0.3 is 42.6 Å². The summed E-state index contributed by atoms with van der Waals surface area (Å²) in [6.45, 7) is 11.0. The van der Waals surface area contributed by atoms with Crippen LogP contribution in [0.25, 0.3) is 0 Å². The van der Waals surface area contributed by atoms with Crippen LogP contribution >= 0.6 is 0 Å². The molecule has 10 heteroatoms. The molecule has 1 aromatic rings. The first kappa shape index (κ1) is 45.4. The highest BCUT2D eigenvalue weighted by Gasteiger charge is 2.05. The molecule has 1 rings (SSSR count). The Morgan fingerprint density at radius 2 is 0.653 bits per heavy atom. The maximum Gasteiger partial charge on any atom is 0.338 e. The Labute approximate surface area is 298 Å². The van der Waals surface area contributed by atoms with Crippen LogP contribution in [0, 0.1) is 0 Å². The van der Waals surface area contributed by atoms with Crippen molar-refractivity contribution in [3.05, 3.63) is 35.9 Å². The van der Waals surface area contributed by atoms with Gasteiger partial charge in [-0.05, 0) is 18.6 Å². The lowest BCUT2D eigenvalue weighted by molar-refractivity contribution is -0.0244. The molecular formula is C39H70O10. The second kappa shape index (κ2) is 39.2. The number of rotatable bonds is 40. The predicted molar refractivity (Wildman–Crippen MR) is 194 cm³/mol. The molecule has 0 spiro atoms. The quantitative estimate of drug-likeness (QED) is 0.0507. The lowest BCUT2D eigenvalue weighted by Gasteiger charge is -2.09. The van der Waals surface area contributed by atoms with E-state index in [1.807, 2.05) is 6.07 Å². The topological polar surface area (TPSA) is 100 Å². The largest absolute Gasteiger partial charge is 0.460 e. The lowest BCUT2D eigenvalue weighted by Crippen LogP contribution is -2.15. The molecule has 10 nitrogen and oxygen atoms in total. The minimum Gasteiger partial charge on any atom is -0.460 e. The van der Waals surface area contributed by atoms with Gasteiger partial charge >= 0.3 is 5.97 Å². The second-order valence-electron chi connectivity index (χ2n) is 12.0. The van der Waals surface area contributed by atoms with Gasteiger partial charge in [-0.2, -0.15) is 0 Å². The molecule has 0 unspecified atom stereocenters. The fourth-order valence-corrected chi connectivity index (χ4v) is 4.89. The molecule has 0 fully saturated rings. The highest BCUT2D eigenvalue weighted by atomic mass is 16.6. The zero-order valence-electron chi connectivity index (χ0n) is 30.9. The third-order valence-electron chi connectivity index (χ3n) is 7.72. The molecule has 1 aromatic carbocycles. The zero-order chi connectivity index (χ0) is 35.0. The van der Waals surface area contributed by atoms with Gasteiger partial charge in [-0.3, -0.25) is 0 Å². The normalized spacial score (nSPS) is 11.4. The molecule has 286 valence electrons. The number of carbonyl (C=O) groups is 1. The summed E-state index contributed by atoms with van der Waals surface area (Å²) in [6.07, 6.45) is 19.2. The molecular weight excluding hydrogens is 628 g/mol. The molecule has 0 radical (unpaired) electrons. The van der Waals surface area contributed by atoms with Gasteiger partial charge in [0.05, 0.1) is 105 Å². The van der Waals surface area contributed by atoms with Gasteiger partial charge in [0.25, 0.3) is 0 Å². The Morgan fingerprint density at radius 1 is 0.367 bits per heavy atom. The molecule has 0 aliphatic heterocycles. The highest BCUT2D eigenvalue weighted by molar-refractivity contribution is 5.89. The number of esters is 1. The minimum atomic E-state index is -0.349. The summed E-state index contributed by atoms with van der Waals surface area (Å²) in [7, 11) is 0. The van der Waals surface area contributed by atoms with Crippen molar-refractivity contribution < 1.29 is 47.4 Å². The second-order valence-corrected chi connectivity index (χ2v) is 12.0. The molecule has 0 heterocycles. The molecule has 0 saturated carbocycles. The third kappa shape index (κ3) is 34.6. The Morgan fingerprint density at radius 3 is 1.00 bits per heavy atom. The summed E-state index contributed by atoms with van der Waals surface area (Å²) in [6, 6.07) is 8.88. The van der Waals surface area contributed by atoms with Crippen LogP contribution in [-0.4, -0.2) is 118 Å². The fraction of sp³-hybridized carbons (Fsp3) is 0.821. The van der Waals surface area contributed by atoms with E-state index >= 15 is 0 Å². The Hall–Kier alpha value is -1.63. The fourth-order valence-electron chi connectivity index (χ4n) is 4.89. The minimum absolute atomic E-state index is 0.210. The van der Waals surface area contributed by atoms with E-state index < -0.39 is 0 Å². The van der Waals surface area contributed by atoms with E-state index in [1.165, 1.54) is 83.5 Å². The van der Waals surface area contributed by atoms with Crippen LogP contribution in [0.15, 0.2) is 30.3 Å². The van der Waals surface area contributed by atoms with E-state index in [4.69, 9.17) is 42.6 Å². The van der Waals surface area contributed by atoms with Crippen LogP contribution in [0.2, 0.25) is 0 Å². The number of unbranched alkanes of at least 4 members (excludes halogenated alkanes) is 13. The Bertz CT molecular complexity index is 782. The number of ether oxygens (including phenoxy) is 9. The number of hydrogen-bond acceptors (Lipinski definition) is 10. The van der Waals surface area contributed by atoms with Crippen LogP contribution in [0.3, 0.4) is 0 Å². The standard InChI is InChI=1S/C39H70O10/c1-2-3-4-5-6-7-8-9-10-11-12-13-14-18-21-41-22-23-42-24-25-43-26-27-44-28-29-45-30-31-46-32-33-47-34-35-48-36-37-49-39(40)38-19-16-15-17-20-38/h15-17,19-20H,2-14,18,21-37H2,1H3. The van der Waals surface area contributed by atoms with Gasteiger partial charge in [0, 0.05) is 6.61 Å². The van der Waals surface area contributed by atoms with Crippen LogP contribution in [-0.2, 0) is 42.6 Å². The van der Waals surface area contributed by atoms with Crippen LogP contribution in [0.5, 0.6) is 0 Å². The smallest absolute Gasteiger partial charge is 0.338 e. The highest BCUT2D eigenvalue weighted by Crippen LogP contribution is 2.13. The zero-order valence-corrected chi connectivity index (χ0v) is 30.9. The summed E-state index contributed by atoms with van der Waals surface area (Å²) >= 11 is 0. The van der Waals surface area contributed by atoms with E-state index in [2.05, 4.69) is 6.92 Å². The predicted octanol–water partition coefficient (Wildman–Crippen LogP) is 7.46. The van der Waals surface area contributed by atoms with Crippen molar-refractivity contribution >= 4 is 5.97 Å². The summed E-state index contributed by atoms with van der Waals surface area (Å²) in [4.78, 5) is 11.8. The van der Waals surface area contributed by atoms with E-state index in [1.54, 1.807) is 24.3 Å². The number of hydrogen-bond donors (Lipinski definition) is 0. The van der Waals surface area contributed by atoms with Gasteiger partial charge in [-0.25, -0.2) is 4.79 Å². The molecule has 0 N–H and O–H groups in total. The molecule has 0 atom stereocenters. The molecule has 0 bridgehead atoms. The van der Waals surface area contributed by atoms with Crippen molar-refractivity contribution in [1.29, 1.82) is 0 Å². The first-order chi connectivity index (χ1) is 24.3. The molecule has 0 amide bonds. The lowest BCUT2D eigenvalue weighted by atomic mass is 10.0. The number of carbonyl (C=O) groups excluding carboxylic acids is 1. The van der Waals surface area contributed by atoms with Crippen molar-refractivity contribution in [3.8, 4) is 0 Å². The average molecular weight is 699 g/mol. The average Bonchev–Trinajstić information content (AvgIpc) is 3.13. The molecule has 49 heavy (non-hydrogen) atoms. The van der Waals surface area contributed by atoms with Crippen molar-refractivity contribution in [2.45, 2.75) is 96.8 Å². The first-order valence-corrected chi connectivity index (χ1v) is 19.2. The molecule has 0 aliphatic carbocycles. The van der Waals surface area contributed by atoms with Crippen LogP contribution in [0.1, 0.15) is 107 Å². The SMILES string of the molecule is CCCCCCCCCCCCCCCCOCCOCCOCCOCCOCCOCCOCCOCCOC(=O)c1ccccc1. The van der Waals surface area contributed by atoms with Gasteiger partial charge in [0.1, 0.15) is 6.61 Å². The van der Waals surface area contributed by atoms with Gasteiger partial charge in [-0.1, -0.05) is 109 Å². The summed E-state index contributed by atoms with van der Waals surface area (Å²) in [5.74, 6) is -0.349. The van der Waals surface area contributed by atoms with Gasteiger partial charge in [0.15, 0.2) is 0 Å². The van der Waals surface area contributed by atoms with Crippen molar-refractivity contribution in [2.75, 3.05) is 112 Å². The van der Waals surface area contributed by atoms with E-state index in [-0.39, 0.29) is 12.6 Å². The van der Waals surface area contributed by atoms with E-state index in [9.17, 15) is 4.79 Å². The van der Waals surface area contributed by atoms with Crippen molar-refractivity contribution in [3.63, 3.8) is 0 Å². The van der Waals surface area contributed by atoms with Gasteiger partial charge in [0.2, 0.25) is 0 Å². The van der Waals surface area contributed by atoms with Crippen molar-refractivity contribution in [2.24, 2.45) is 0 Å².